The average Bonchev–Trinajstić information content (AvgIpc) is 2.55. The van der Waals surface area contributed by atoms with Gasteiger partial charge in [-0.25, -0.2) is 0 Å². The van der Waals surface area contributed by atoms with Crippen LogP contribution in [0.1, 0.15) is 28.7 Å². The normalized spacial score (nSPS) is 17.8. The van der Waals surface area contributed by atoms with Gasteiger partial charge in [-0.3, -0.25) is 0 Å². The highest BCUT2D eigenvalue weighted by Crippen LogP contribution is 2.27. The van der Waals surface area contributed by atoms with Gasteiger partial charge in [0.15, 0.2) is 0 Å². The van der Waals surface area contributed by atoms with Gasteiger partial charge in [0.2, 0.25) is 0 Å². The molecule has 2 heteroatoms. The van der Waals surface area contributed by atoms with Crippen LogP contribution in [-0.2, 0) is 6.42 Å². The Kier molecular flexibility index (Phi) is 1.83. The SMILES string of the molecule is Cc1ccc2c(c1C)C(=NO)CC2. The van der Waals surface area contributed by atoms with Crippen molar-refractivity contribution in [2.45, 2.75) is 26.7 Å². The van der Waals surface area contributed by atoms with E-state index in [1.54, 1.807) is 0 Å². The van der Waals surface area contributed by atoms with Crippen LogP contribution in [0.15, 0.2) is 17.3 Å². The molecule has 1 aromatic rings. The van der Waals surface area contributed by atoms with E-state index < -0.39 is 0 Å². The number of hydrogen-bond acceptors (Lipinski definition) is 2. The quantitative estimate of drug-likeness (QED) is 0.476. The smallest absolute Gasteiger partial charge is 0.0876 e. The lowest BCUT2D eigenvalue weighted by Gasteiger charge is -2.06. The fraction of sp³-hybridized carbons (Fsp3) is 0.364. The molecule has 13 heavy (non-hydrogen) atoms. The second-order valence-corrected chi connectivity index (χ2v) is 3.59. The number of fused-ring (bicyclic) bond motifs is 1. The van der Waals surface area contributed by atoms with Crippen molar-refractivity contribution in [3.63, 3.8) is 0 Å². The summed E-state index contributed by atoms with van der Waals surface area (Å²) in [5.74, 6) is 0. The number of nitrogens with zero attached hydrogens (tertiary/aromatic N) is 1. The number of benzene rings is 1. The van der Waals surface area contributed by atoms with Crippen molar-refractivity contribution >= 4 is 5.71 Å². The van der Waals surface area contributed by atoms with Crippen LogP contribution >= 0.6 is 0 Å². The highest BCUT2D eigenvalue weighted by molar-refractivity contribution is 6.05. The summed E-state index contributed by atoms with van der Waals surface area (Å²) >= 11 is 0. The lowest BCUT2D eigenvalue weighted by Crippen LogP contribution is -1.99. The molecular weight excluding hydrogens is 162 g/mol. The van der Waals surface area contributed by atoms with Gasteiger partial charge in [-0.1, -0.05) is 17.3 Å². The van der Waals surface area contributed by atoms with Gasteiger partial charge < -0.3 is 5.21 Å². The molecule has 1 aliphatic carbocycles. The van der Waals surface area contributed by atoms with Crippen LogP contribution in [0.4, 0.5) is 0 Å². The highest BCUT2D eigenvalue weighted by atomic mass is 16.4. The zero-order valence-electron chi connectivity index (χ0n) is 7.96. The van der Waals surface area contributed by atoms with Crippen molar-refractivity contribution in [1.29, 1.82) is 0 Å². The third-order valence-corrected chi connectivity index (χ3v) is 2.86. The van der Waals surface area contributed by atoms with Crippen LogP contribution in [-0.4, -0.2) is 10.9 Å². The first-order chi connectivity index (χ1) is 6.24. The summed E-state index contributed by atoms with van der Waals surface area (Å²) in [5.41, 5.74) is 5.85. The lowest BCUT2D eigenvalue weighted by atomic mass is 9.99. The fourth-order valence-corrected chi connectivity index (χ4v) is 1.96. The minimum atomic E-state index is 0.844. The molecule has 0 amide bonds. The summed E-state index contributed by atoms with van der Waals surface area (Å²) in [6.45, 7) is 4.17. The molecule has 0 spiro atoms. The van der Waals surface area contributed by atoms with Crippen LogP contribution in [0.25, 0.3) is 0 Å². The Bertz CT molecular complexity index is 380. The predicted octanol–water partition coefficient (Wildman–Crippen LogP) is 2.43. The number of aryl methyl sites for hydroxylation is 2. The zero-order valence-corrected chi connectivity index (χ0v) is 7.96. The second-order valence-electron chi connectivity index (χ2n) is 3.59. The van der Waals surface area contributed by atoms with Crippen molar-refractivity contribution in [1.82, 2.24) is 0 Å². The van der Waals surface area contributed by atoms with Gasteiger partial charge in [0.05, 0.1) is 5.71 Å². The third kappa shape index (κ3) is 1.13. The molecule has 68 valence electrons. The molecule has 0 unspecified atom stereocenters. The van der Waals surface area contributed by atoms with Crippen molar-refractivity contribution in [3.8, 4) is 0 Å². The van der Waals surface area contributed by atoms with Gasteiger partial charge >= 0.3 is 0 Å². The highest BCUT2D eigenvalue weighted by Gasteiger charge is 2.20. The zero-order chi connectivity index (χ0) is 9.42. The van der Waals surface area contributed by atoms with Crippen LogP contribution in [0.2, 0.25) is 0 Å². The minimum Gasteiger partial charge on any atom is -0.411 e. The predicted molar refractivity (Wildman–Crippen MR) is 52.6 cm³/mol. The molecule has 0 bridgehead atoms. The number of oxime groups is 1. The number of hydrogen-bond donors (Lipinski definition) is 1. The largest absolute Gasteiger partial charge is 0.411 e. The Morgan fingerprint density at radius 2 is 2.00 bits per heavy atom. The Morgan fingerprint density at radius 1 is 1.23 bits per heavy atom. The van der Waals surface area contributed by atoms with Gasteiger partial charge in [-0.2, -0.15) is 0 Å². The van der Waals surface area contributed by atoms with Gasteiger partial charge in [0, 0.05) is 5.56 Å². The number of rotatable bonds is 0. The molecular formula is C11H13NO. The van der Waals surface area contributed by atoms with Crippen LogP contribution in [0, 0.1) is 13.8 Å². The summed E-state index contributed by atoms with van der Waals surface area (Å²) in [5, 5.41) is 12.2. The molecule has 0 atom stereocenters. The summed E-state index contributed by atoms with van der Waals surface area (Å²) < 4.78 is 0. The first kappa shape index (κ1) is 8.30. The third-order valence-electron chi connectivity index (χ3n) is 2.86. The maximum absolute atomic E-state index is 8.82. The first-order valence-electron chi connectivity index (χ1n) is 4.54. The van der Waals surface area contributed by atoms with Gasteiger partial charge in [0.1, 0.15) is 0 Å². The first-order valence-corrected chi connectivity index (χ1v) is 4.54. The van der Waals surface area contributed by atoms with Gasteiger partial charge in [-0.05, 0) is 43.4 Å². The molecule has 1 aromatic carbocycles. The minimum absolute atomic E-state index is 0.844. The van der Waals surface area contributed by atoms with E-state index in [9.17, 15) is 0 Å². The molecule has 2 nitrogen and oxygen atoms in total. The van der Waals surface area contributed by atoms with E-state index >= 15 is 0 Å². The molecule has 1 N–H and O–H groups in total. The summed E-state index contributed by atoms with van der Waals surface area (Å²) in [7, 11) is 0. The second kappa shape index (κ2) is 2.87. The van der Waals surface area contributed by atoms with E-state index in [1.165, 1.54) is 22.3 Å². The Morgan fingerprint density at radius 3 is 2.69 bits per heavy atom. The maximum atomic E-state index is 8.82. The summed E-state index contributed by atoms with van der Waals surface area (Å²) in [6, 6.07) is 4.27. The topological polar surface area (TPSA) is 32.6 Å². The molecule has 0 aliphatic heterocycles. The van der Waals surface area contributed by atoms with Crippen molar-refractivity contribution in [3.05, 3.63) is 34.4 Å². The Balaban J connectivity index is 2.68. The lowest BCUT2D eigenvalue weighted by molar-refractivity contribution is 0.318. The fourth-order valence-electron chi connectivity index (χ4n) is 1.96. The van der Waals surface area contributed by atoms with E-state index in [0.717, 1.165) is 18.6 Å². The summed E-state index contributed by atoms with van der Waals surface area (Å²) in [4.78, 5) is 0. The average molecular weight is 175 g/mol. The molecule has 2 rings (SSSR count). The van der Waals surface area contributed by atoms with Crippen LogP contribution < -0.4 is 0 Å². The van der Waals surface area contributed by atoms with Gasteiger partial charge in [0.25, 0.3) is 0 Å². The molecule has 1 aliphatic rings. The van der Waals surface area contributed by atoms with E-state index in [2.05, 4.69) is 31.1 Å². The summed E-state index contributed by atoms with van der Waals surface area (Å²) in [6.07, 6.45) is 1.88. The Labute approximate surface area is 77.9 Å². The molecule has 0 fully saturated rings. The maximum Gasteiger partial charge on any atom is 0.0876 e. The van der Waals surface area contributed by atoms with Crippen molar-refractivity contribution in [2.24, 2.45) is 5.16 Å². The van der Waals surface area contributed by atoms with E-state index in [0.29, 0.717) is 0 Å². The molecule has 0 saturated heterocycles. The van der Waals surface area contributed by atoms with Gasteiger partial charge in [-0.15, -0.1) is 0 Å². The van der Waals surface area contributed by atoms with E-state index in [4.69, 9.17) is 5.21 Å². The molecule has 0 heterocycles. The van der Waals surface area contributed by atoms with Crippen molar-refractivity contribution < 1.29 is 5.21 Å². The molecule has 0 saturated carbocycles. The molecule has 0 radical (unpaired) electrons. The van der Waals surface area contributed by atoms with E-state index in [-0.39, 0.29) is 0 Å². The standard InChI is InChI=1S/C11H13NO/c1-7-3-4-9-5-6-10(12-13)11(9)8(7)2/h3-4,13H,5-6H2,1-2H3. The molecule has 0 aromatic heterocycles. The monoisotopic (exact) mass is 175 g/mol. The Hall–Kier alpha value is -1.31. The van der Waals surface area contributed by atoms with E-state index in [1.807, 2.05) is 0 Å². The van der Waals surface area contributed by atoms with Crippen LogP contribution in [0.5, 0.6) is 0 Å². The van der Waals surface area contributed by atoms with Crippen LogP contribution in [0.3, 0.4) is 0 Å². The van der Waals surface area contributed by atoms with Crippen molar-refractivity contribution in [2.75, 3.05) is 0 Å².